The molecule has 0 unspecified atom stereocenters. The fourth-order valence-corrected chi connectivity index (χ4v) is 3.00. The first-order chi connectivity index (χ1) is 11.5. The molecule has 0 saturated carbocycles. The lowest BCUT2D eigenvalue weighted by Crippen LogP contribution is -2.34. The van der Waals surface area contributed by atoms with Crippen LogP contribution in [0.5, 0.6) is 0 Å². The number of thiazole rings is 1. The Hall–Kier alpha value is -1.93. The fraction of sp³-hybridized carbons (Fsp3) is 0.412. The van der Waals surface area contributed by atoms with Gasteiger partial charge in [0.2, 0.25) is 5.91 Å². The normalized spacial score (nSPS) is 13.3. The average Bonchev–Trinajstić information content (AvgIpc) is 2.86. The minimum atomic E-state index is -4.38. The molecule has 0 aliphatic rings. The quantitative estimate of drug-likeness (QED) is 0.890. The van der Waals surface area contributed by atoms with Crippen LogP contribution in [0.25, 0.3) is 5.69 Å². The van der Waals surface area contributed by atoms with Gasteiger partial charge in [-0.3, -0.25) is 9.36 Å². The highest BCUT2D eigenvalue weighted by atomic mass is 32.1. The summed E-state index contributed by atoms with van der Waals surface area (Å²) in [5.74, 6) is -0.363. The topological polar surface area (TPSA) is 46.4 Å². The van der Waals surface area contributed by atoms with Crippen molar-refractivity contribution in [2.45, 2.75) is 46.0 Å². The number of halogens is 3. The lowest BCUT2D eigenvalue weighted by molar-refractivity contribution is -0.137. The van der Waals surface area contributed by atoms with Gasteiger partial charge in [0, 0.05) is 35.8 Å². The number of nitrogens with one attached hydrogen (secondary N) is 1. The number of alkyl halides is 3. The van der Waals surface area contributed by atoms with Crippen molar-refractivity contribution in [1.82, 2.24) is 9.88 Å². The molecule has 0 aliphatic carbocycles. The van der Waals surface area contributed by atoms with Crippen LogP contribution in [-0.4, -0.2) is 16.0 Å². The van der Waals surface area contributed by atoms with Crippen LogP contribution in [0.2, 0.25) is 0 Å². The highest BCUT2D eigenvalue weighted by Crippen LogP contribution is 2.29. The van der Waals surface area contributed by atoms with E-state index in [1.165, 1.54) is 30.4 Å². The van der Waals surface area contributed by atoms with Crippen molar-refractivity contribution in [2.24, 2.45) is 4.99 Å². The Labute approximate surface area is 148 Å². The predicted molar refractivity (Wildman–Crippen MR) is 91.5 cm³/mol. The van der Waals surface area contributed by atoms with Gasteiger partial charge in [-0.05, 0) is 45.0 Å². The number of carbonyl (C=O) groups is 1. The van der Waals surface area contributed by atoms with Crippen molar-refractivity contribution in [3.63, 3.8) is 0 Å². The minimum Gasteiger partial charge on any atom is -0.307 e. The van der Waals surface area contributed by atoms with Crippen LogP contribution in [0, 0.1) is 0 Å². The van der Waals surface area contributed by atoms with E-state index in [9.17, 15) is 18.0 Å². The van der Waals surface area contributed by atoms with Crippen molar-refractivity contribution in [1.29, 1.82) is 0 Å². The zero-order valence-electron chi connectivity index (χ0n) is 14.4. The first-order valence-electron chi connectivity index (χ1n) is 7.65. The number of rotatable bonds is 3. The van der Waals surface area contributed by atoms with Crippen molar-refractivity contribution in [2.75, 3.05) is 0 Å². The molecule has 1 aromatic heterocycles. The van der Waals surface area contributed by atoms with Crippen molar-refractivity contribution >= 4 is 17.2 Å². The van der Waals surface area contributed by atoms with E-state index >= 15 is 0 Å². The maximum Gasteiger partial charge on any atom is 0.416 e. The maximum absolute atomic E-state index is 12.7. The molecular weight excluding hydrogens is 351 g/mol. The van der Waals surface area contributed by atoms with E-state index in [0.717, 1.165) is 17.0 Å². The fourth-order valence-electron chi connectivity index (χ4n) is 2.03. The van der Waals surface area contributed by atoms with Crippen LogP contribution >= 0.6 is 11.3 Å². The van der Waals surface area contributed by atoms with Gasteiger partial charge in [-0.1, -0.05) is 11.3 Å². The molecule has 4 nitrogen and oxygen atoms in total. The van der Waals surface area contributed by atoms with E-state index in [4.69, 9.17) is 0 Å². The van der Waals surface area contributed by atoms with Gasteiger partial charge in [-0.15, -0.1) is 0 Å². The summed E-state index contributed by atoms with van der Waals surface area (Å²) in [6.07, 6.45) is -2.60. The number of aromatic nitrogens is 1. The first-order valence-corrected chi connectivity index (χ1v) is 8.47. The minimum absolute atomic E-state index is 0.0823. The Bertz CT molecular complexity index is 811. The molecule has 2 aromatic rings. The van der Waals surface area contributed by atoms with Crippen LogP contribution in [0.15, 0.2) is 35.5 Å². The summed E-state index contributed by atoms with van der Waals surface area (Å²) in [6, 6.07) is 4.78. The van der Waals surface area contributed by atoms with E-state index in [2.05, 4.69) is 10.3 Å². The molecule has 2 rings (SSSR count). The predicted octanol–water partition coefficient (Wildman–Crippen LogP) is 3.89. The molecule has 0 saturated heterocycles. The third-order valence-electron chi connectivity index (χ3n) is 3.22. The Morgan fingerprint density at radius 1 is 1.20 bits per heavy atom. The Balaban J connectivity index is 2.41. The number of nitrogens with zero attached hydrogens (tertiary/aromatic N) is 2. The van der Waals surface area contributed by atoms with Crippen molar-refractivity contribution < 1.29 is 18.0 Å². The number of hydrogen-bond acceptors (Lipinski definition) is 3. The van der Waals surface area contributed by atoms with Gasteiger partial charge in [0.25, 0.3) is 0 Å². The first kappa shape index (κ1) is 19.4. The van der Waals surface area contributed by atoms with Gasteiger partial charge < -0.3 is 5.32 Å². The van der Waals surface area contributed by atoms with Gasteiger partial charge in [0.15, 0.2) is 4.80 Å². The SMILES string of the molecule is CC(=O)N=c1sc(CNC(C)(C)C)cn1-c1ccc(C(F)(F)F)cc1. The van der Waals surface area contributed by atoms with Gasteiger partial charge in [-0.25, -0.2) is 0 Å². The molecule has 1 amide bonds. The molecule has 0 spiro atoms. The van der Waals surface area contributed by atoms with Gasteiger partial charge in [0.1, 0.15) is 0 Å². The Kier molecular flexibility index (Phi) is 5.53. The second-order valence-corrected chi connectivity index (χ2v) is 7.72. The summed E-state index contributed by atoms with van der Waals surface area (Å²) in [4.78, 5) is 16.7. The van der Waals surface area contributed by atoms with E-state index in [-0.39, 0.29) is 11.4 Å². The maximum atomic E-state index is 12.7. The van der Waals surface area contributed by atoms with Gasteiger partial charge in [-0.2, -0.15) is 18.2 Å². The number of carbonyl (C=O) groups excluding carboxylic acids is 1. The summed E-state index contributed by atoms with van der Waals surface area (Å²) in [7, 11) is 0. The molecule has 1 aromatic carbocycles. The second kappa shape index (κ2) is 7.13. The monoisotopic (exact) mass is 371 g/mol. The molecule has 136 valence electrons. The molecule has 0 radical (unpaired) electrons. The zero-order chi connectivity index (χ0) is 18.8. The molecule has 0 aliphatic heterocycles. The molecule has 0 atom stereocenters. The van der Waals surface area contributed by atoms with Crippen LogP contribution in [0.3, 0.4) is 0 Å². The standard InChI is InChI=1S/C17H20F3N3OS/c1-11(24)22-15-23(10-14(25-15)9-21-16(2,3)4)13-7-5-12(6-8-13)17(18,19)20/h5-8,10,21H,9H2,1-4H3. The average molecular weight is 371 g/mol. The van der Waals surface area contributed by atoms with E-state index < -0.39 is 11.7 Å². The number of amides is 1. The summed E-state index contributed by atoms with van der Waals surface area (Å²) in [5.41, 5.74) is -0.279. The van der Waals surface area contributed by atoms with E-state index in [0.29, 0.717) is 17.0 Å². The molecule has 0 fully saturated rings. The lowest BCUT2D eigenvalue weighted by Gasteiger charge is -2.19. The van der Waals surface area contributed by atoms with Gasteiger partial charge >= 0.3 is 6.18 Å². The Morgan fingerprint density at radius 2 is 1.80 bits per heavy atom. The van der Waals surface area contributed by atoms with Crippen LogP contribution in [-0.2, 0) is 17.5 Å². The molecule has 1 heterocycles. The molecule has 8 heteroatoms. The van der Waals surface area contributed by atoms with Crippen molar-refractivity contribution in [3.8, 4) is 5.69 Å². The summed E-state index contributed by atoms with van der Waals surface area (Å²) in [6.45, 7) is 8.01. The van der Waals surface area contributed by atoms with Crippen LogP contribution in [0.1, 0.15) is 38.1 Å². The van der Waals surface area contributed by atoms with Crippen LogP contribution < -0.4 is 10.1 Å². The zero-order valence-corrected chi connectivity index (χ0v) is 15.3. The van der Waals surface area contributed by atoms with Gasteiger partial charge in [0.05, 0.1) is 5.56 Å². The third kappa shape index (κ3) is 5.54. The largest absolute Gasteiger partial charge is 0.416 e. The third-order valence-corrected chi connectivity index (χ3v) is 4.20. The van der Waals surface area contributed by atoms with Crippen LogP contribution in [0.4, 0.5) is 13.2 Å². The van der Waals surface area contributed by atoms with Crippen molar-refractivity contribution in [3.05, 3.63) is 45.7 Å². The highest BCUT2D eigenvalue weighted by Gasteiger charge is 2.30. The number of hydrogen-bond donors (Lipinski definition) is 1. The van der Waals surface area contributed by atoms with E-state index in [1.807, 2.05) is 20.8 Å². The molecule has 0 bridgehead atoms. The number of benzene rings is 1. The molecular formula is C17H20F3N3OS. The van der Waals surface area contributed by atoms with E-state index in [1.54, 1.807) is 10.8 Å². The Morgan fingerprint density at radius 3 is 2.28 bits per heavy atom. The summed E-state index contributed by atoms with van der Waals surface area (Å²) in [5, 5.41) is 3.33. The smallest absolute Gasteiger partial charge is 0.307 e. The molecule has 25 heavy (non-hydrogen) atoms. The lowest BCUT2D eigenvalue weighted by atomic mass is 10.1. The summed E-state index contributed by atoms with van der Waals surface area (Å²) < 4.78 is 39.8. The summed E-state index contributed by atoms with van der Waals surface area (Å²) >= 11 is 1.32. The highest BCUT2D eigenvalue weighted by molar-refractivity contribution is 7.09. The second-order valence-electron chi connectivity index (χ2n) is 6.63. The molecule has 1 N–H and O–H groups in total.